The van der Waals surface area contributed by atoms with Crippen molar-refractivity contribution in [1.29, 1.82) is 0 Å². The summed E-state index contributed by atoms with van der Waals surface area (Å²) in [6, 6.07) is 10.2. The molecule has 0 amide bonds. The Morgan fingerprint density at radius 2 is 1.70 bits per heavy atom. The Morgan fingerprint density at radius 1 is 1.05 bits per heavy atom. The van der Waals surface area contributed by atoms with Crippen molar-refractivity contribution in [1.82, 2.24) is 4.98 Å². The predicted molar refractivity (Wildman–Crippen MR) is 96.4 cm³/mol. The summed E-state index contributed by atoms with van der Waals surface area (Å²) in [5, 5.41) is 2.48. The summed E-state index contributed by atoms with van der Waals surface area (Å²) in [5.74, 6) is 0. The fourth-order valence-corrected chi connectivity index (χ4v) is 4.64. The van der Waals surface area contributed by atoms with Gasteiger partial charge in [0.05, 0.1) is 0 Å². The van der Waals surface area contributed by atoms with Crippen LogP contribution in [-0.4, -0.2) is 15.6 Å². The van der Waals surface area contributed by atoms with Crippen molar-refractivity contribution in [2.75, 3.05) is 10.7 Å². The third-order valence-electron chi connectivity index (χ3n) is 3.27. The molecule has 1 nitrogen and oxygen atoms in total. The maximum absolute atomic E-state index is 5.99. The van der Waals surface area contributed by atoms with Crippen LogP contribution in [0.15, 0.2) is 47.2 Å². The van der Waals surface area contributed by atoms with E-state index >= 15 is 0 Å². The molecule has 1 aromatic carbocycles. The van der Waals surface area contributed by atoms with E-state index in [1.165, 1.54) is 11.1 Å². The summed E-state index contributed by atoms with van der Waals surface area (Å²) in [6.45, 7) is 0. The Bertz CT molecular complexity index is 568. The van der Waals surface area contributed by atoms with Crippen LogP contribution in [0.2, 0.25) is 5.02 Å². The van der Waals surface area contributed by atoms with E-state index in [0.717, 1.165) is 26.6 Å². The molecule has 5 heteroatoms. The van der Waals surface area contributed by atoms with Gasteiger partial charge in [-0.3, -0.25) is 4.98 Å². The molecule has 1 heterocycles. The van der Waals surface area contributed by atoms with Crippen LogP contribution in [0.4, 0.5) is 0 Å². The normalized spacial score (nSPS) is 11.6. The molecule has 2 rings (SSSR count). The summed E-state index contributed by atoms with van der Waals surface area (Å²) in [6.07, 6.45) is 4.62. The number of rotatable bonds is 5. The van der Waals surface area contributed by atoms with Gasteiger partial charge in [0, 0.05) is 38.0 Å². The van der Waals surface area contributed by atoms with Crippen LogP contribution < -0.4 is 0 Å². The number of hydrogen-bond acceptors (Lipinski definition) is 1. The van der Waals surface area contributed by atoms with Gasteiger partial charge in [0.15, 0.2) is 0 Å². The molecule has 0 saturated heterocycles. The minimum absolute atomic E-state index is 0.0208. The average Bonchev–Trinajstić information content (AvgIpc) is 2.46. The quantitative estimate of drug-likeness (QED) is 0.494. The molecule has 0 spiro atoms. The summed E-state index contributed by atoms with van der Waals surface area (Å²) in [4.78, 5) is 4.25. The zero-order valence-electron chi connectivity index (χ0n) is 10.6. The number of halogens is 4. The molecule has 1 aromatic heterocycles. The molecule has 20 heavy (non-hydrogen) atoms. The van der Waals surface area contributed by atoms with E-state index in [-0.39, 0.29) is 5.41 Å². The Hall–Kier alpha value is 0.1000. The number of pyridine rings is 1. The van der Waals surface area contributed by atoms with E-state index in [1.54, 1.807) is 6.20 Å². The lowest BCUT2D eigenvalue weighted by Crippen LogP contribution is -2.33. The standard InChI is InChI=1S/C15H13Br3ClN/c16-9-15(10-17,12-1-3-14(19)4-2-12)6-11-5-13(18)8-20-7-11/h1-5,7-8H,6,9-10H2. The van der Waals surface area contributed by atoms with Crippen molar-refractivity contribution in [3.8, 4) is 0 Å². The van der Waals surface area contributed by atoms with Gasteiger partial charge >= 0.3 is 0 Å². The summed E-state index contributed by atoms with van der Waals surface area (Å²) >= 11 is 16.8. The number of benzene rings is 1. The number of alkyl halides is 2. The molecule has 0 saturated carbocycles. The maximum Gasteiger partial charge on any atom is 0.0410 e. The second-order valence-electron chi connectivity index (χ2n) is 4.74. The van der Waals surface area contributed by atoms with Crippen molar-refractivity contribution >= 4 is 59.4 Å². The van der Waals surface area contributed by atoms with Crippen molar-refractivity contribution in [2.24, 2.45) is 0 Å². The number of aromatic nitrogens is 1. The molecule has 2 aromatic rings. The lowest BCUT2D eigenvalue weighted by Gasteiger charge is -2.31. The van der Waals surface area contributed by atoms with Crippen LogP contribution in [0.25, 0.3) is 0 Å². The summed E-state index contributed by atoms with van der Waals surface area (Å²) in [5.41, 5.74) is 2.44. The highest BCUT2D eigenvalue weighted by atomic mass is 79.9. The zero-order valence-corrected chi connectivity index (χ0v) is 16.1. The van der Waals surface area contributed by atoms with Gasteiger partial charge in [0.25, 0.3) is 0 Å². The maximum atomic E-state index is 5.99. The van der Waals surface area contributed by atoms with E-state index in [0.29, 0.717) is 0 Å². The largest absolute Gasteiger partial charge is 0.263 e. The molecule has 0 aliphatic heterocycles. The highest BCUT2D eigenvalue weighted by Crippen LogP contribution is 2.33. The van der Waals surface area contributed by atoms with E-state index in [9.17, 15) is 0 Å². The molecule has 0 bridgehead atoms. The molecular weight excluding hydrogens is 469 g/mol. The summed E-state index contributed by atoms with van der Waals surface area (Å²) in [7, 11) is 0. The first-order chi connectivity index (χ1) is 9.59. The molecule has 106 valence electrons. The van der Waals surface area contributed by atoms with Crippen molar-refractivity contribution in [3.05, 3.63) is 63.3 Å². The molecule has 0 fully saturated rings. The highest BCUT2D eigenvalue weighted by molar-refractivity contribution is 9.10. The number of nitrogens with zero attached hydrogens (tertiary/aromatic N) is 1. The molecule has 0 unspecified atom stereocenters. The smallest absolute Gasteiger partial charge is 0.0410 e. The first-order valence-corrected chi connectivity index (χ1v) is 9.48. The van der Waals surface area contributed by atoms with Crippen LogP contribution in [0.1, 0.15) is 11.1 Å². The number of hydrogen-bond donors (Lipinski definition) is 0. The van der Waals surface area contributed by atoms with Gasteiger partial charge < -0.3 is 0 Å². The minimum atomic E-state index is -0.0208. The van der Waals surface area contributed by atoms with Gasteiger partial charge in [-0.2, -0.15) is 0 Å². The Balaban J connectivity index is 2.36. The van der Waals surface area contributed by atoms with Crippen molar-refractivity contribution in [3.63, 3.8) is 0 Å². The van der Waals surface area contributed by atoms with Gasteiger partial charge in [0.2, 0.25) is 0 Å². The van der Waals surface area contributed by atoms with Gasteiger partial charge in [-0.05, 0) is 51.7 Å². The van der Waals surface area contributed by atoms with E-state index in [2.05, 4.69) is 71.0 Å². The van der Waals surface area contributed by atoms with Gasteiger partial charge in [-0.1, -0.05) is 55.6 Å². The molecule has 0 radical (unpaired) electrons. The average molecular weight is 482 g/mol. The van der Waals surface area contributed by atoms with Crippen LogP contribution in [0, 0.1) is 0 Å². The van der Waals surface area contributed by atoms with Crippen LogP contribution in [-0.2, 0) is 11.8 Å². The fraction of sp³-hybridized carbons (Fsp3) is 0.267. The second-order valence-corrected chi connectivity index (χ2v) is 7.22. The van der Waals surface area contributed by atoms with Crippen molar-refractivity contribution in [2.45, 2.75) is 11.8 Å². The Kier molecular flexibility index (Phi) is 6.09. The van der Waals surface area contributed by atoms with E-state index < -0.39 is 0 Å². The first kappa shape index (κ1) is 16.5. The zero-order chi connectivity index (χ0) is 14.6. The van der Waals surface area contributed by atoms with Gasteiger partial charge in [0.1, 0.15) is 0 Å². The lowest BCUT2D eigenvalue weighted by atomic mass is 9.79. The SMILES string of the molecule is Clc1ccc(C(CBr)(CBr)Cc2cncc(Br)c2)cc1. The third-order valence-corrected chi connectivity index (χ3v) is 6.10. The Labute approximate surface area is 149 Å². The van der Waals surface area contributed by atoms with Crippen molar-refractivity contribution < 1.29 is 0 Å². The van der Waals surface area contributed by atoms with Crippen LogP contribution in [0.3, 0.4) is 0 Å². The lowest BCUT2D eigenvalue weighted by molar-refractivity contribution is 0.550. The molecule has 0 aliphatic rings. The van der Waals surface area contributed by atoms with E-state index in [4.69, 9.17) is 11.6 Å². The van der Waals surface area contributed by atoms with Gasteiger partial charge in [-0.15, -0.1) is 0 Å². The van der Waals surface area contributed by atoms with Crippen LogP contribution >= 0.6 is 59.4 Å². The molecule has 0 N–H and O–H groups in total. The monoisotopic (exact) mass is 479 g/mol. The topological polar surface area (TPSA) is 12.9 Å². The second kappa shape index (κ2) is 7.39. The molecule has 0 atom stereocenters. The van der Waals surface area contributed by atoms with Gasteiger partial charge in [-0.25, -0.2) is 0 Å². The highest BCUT2D eigenvalue weighted by Gasteiger charge is 2.30. The fourth-order valence-electron chi connectivity index (χ4n) is 2.13. The van der Waals surface area contributed by atoms with Crippen LogP contribution in [0.5, 0.6) is 0 Å². The minimum Gasteiger partial charge on any atom is -0.263 e. The molecular formula is C15H13Br3ClN. The predicted octanol–water partition coefficient (Wildman–Crippen LogP) is 5.77. The Morgan fingerprint density at radius 3 is 2.25 bits per heavy atom. The summed E-state index contributed by atoms with van der Waals surface area (Å²) < 4.78 is 1.00. The third kappa shape index (κ3) is 3.85. The molecule has 0 aliphatic carbocycles. The first-order valence-electron chi connectivity index (χ1n) is 6.07. The van der Waals surface area contributed by atoms with E-state index in [1.807, 2.05) is 18.3 Å².